The van der Waals surface area contributed by atoms with Crippen LogP contribution in [0.15, 0.2) is 0 Å². The predicted molar refractivity (Wildman–Crippen MR) is 72.1 cm³/mol. The Morgan fingerprint density at radius 1 is 1.12 bits per heavy atom. The molecule has 17 heavy (non-hydrogen) atoms. The molecule has 0 amide bonds. The molecule has 4 nitrogen and oxygen atoms in total. The van der Waals surface area contributed by atoms with E-state index in [2.05, 4.69) is 19.2 Å². The average molecular weight is 265 g/mol. The van der Waals surface area contributed by atoms with E-state index >= 15 is 0 Å². The topological polar surface area (TPSA) is 55.4 Å². The van der Waals surface area contributed by atoms with Crippen LogP contribution in [0.1, 0.15) is 34.1 Å². The van der Waals surface area contributed by atoms with Gasteiger partial charge >= 0.3 is 0 Å². The normalized spacial score (nSPS) is 12.6. The highest BCUT2D eigenvalue weighted by Gasteiger charge is 2.14. The Balaban J connectivity index is 3.36. The van der Waals surface area contributed by atoms with Crippen LogP contribution in [0.3, 0.4) is 0 Å². The number of rotatable bonds is 10. The summed E-state index contributed by atoms with van der Waals surface area (Å²) >= 11 is 0. The minimum Gasteiger partial charge on any atom is -0.381 e. The summed E-state index contributed by atoms with van der Waals surface area (Å²) in [6.07, 6.45) is 0.925. The van der Waals surface area contributed by atoms with Crippen molar-refractivity contribution < 1.29 is 13.2 Å². The second-order valence-corrected chi connectivity index (χ2v) is 7.66. The molecular weight excluding hydrogens is 238 g/mol. The van der Waals surface area contributed by atoms with E-state index in [1.165, 1.54) is 0 Å². The van der Waals surface area contributed by atoms with E-state index in [0.29, 0.717) is 12.5 Å². The standard InChI is InChI=1S/C12H27NO3S/c1-11(2)10-16-8-5-6-13-7-9-17(14,15)12(3)4/h11-13H,5-10H2,1-4H3. The fourth-order valence-corrected chi connectivity index (χ4v) is 2.09. The van der Waals surface area contributed by atoms with Gasteiger partial charge in [-0.15, -0.1) is 0 Å². The molecular formula is C12H27NO3S. The van der Waals surface area contributed by atoms with Crippen LogP contribution in [-0.4, -0.2) is 45.7 Å². The molecule has 0 radical (unpaired) electrons. The van der Waals surface area contributed by atoms with Crippen molar-refractivity contribution in [2.24, 2.45) is 5.92 Å². The number of hydrogen-bond donors (Lipinski definition) is 1. The number of sulfone groups is 1. The molecule has 0 aromatic carbocycles. The highest BCUT2D eigenvalue weighted by atomic mass is 32.2. The third-order valence-corrected chi connectivity index (χ3v) is 4.58. The Hall–Kier alpha value is -0.130. The molecule has 0 unspecified atom stereocenters. The maximum Gasteiger partial charge on any atom is 0.153 e. The first-order valence-electron chi connectivity index (χ1n) is 6.36. The van der Waals surface area contributed by atoms with Crippen molar-refractivity contribution in [1.82, 2.24) is 5.32 Å². The lowest BCUT2D eigenvalue weighted by Gasteiger charge is -2.09. The van der Waals surface area contributed by atoms with Crippen molar-refractivity contribution in [3.63, 3.8) is 0 Å². The molecule has 0 aliphatic heterocycles. The molecule has 5 heteroatoms. The van der Waals surface area contributed by atoms with Gasteiger partial charge in [-0.2, -0.15) is 0 Å². The zero-order chi connectivity index (χ0) is 13.3. The molecule has 0 saturated heterocycles. The van der Waals surface area contributed by atoms with Crippen LogP contribution in [0.25, 0.3) is 0 Å². The summed E-state index contributed by atoms with van der Waals surface area (Å²) in [6, 6.07) is 0. The Bertz CT molecular complexity index is 273. The summed E-state index contributed by atoms with van der Waals surface area (Å²) in [6.45, 7) is 10.6. The van der Waals surface area contributed by atoms with Gasteiger partial charge in [-0.05, 0) is 32.7 Å². The molecule has 0 aliphatic carbocycles. The molecule has 0 fully saturated rings. The number of ether oxygens (including phenoxy) is 1. The maximum atomic E-state index is 11.5. The van der Waals surface area contributed by atoms with Gasteiger partial charge in [0.15, 0.2) is 9.84 Å². The summed E-state index contributed by atoms with van der Waals surface area (Å²) in [5, 5.41) is 2.85. The van der Waals surface area contributed by atoms with Crippen LogP contribution in [0.4, 0.5) is 0 Å². The van der Waals surface area contributed by atoms with Gasteiger partial charge in [-0.25, -0.2) is 8.42 Å². The summed E-state index contributed by atoms with van der Waals surface area (Å²) in [7, 11) is -2.90. The van der Waals surface area contributed by atoms with Crippen molar-refractivity contribution in [3.05, 3.63) is 0 Å². The van der Waals surface area contributed by atoms with E-state index in [0.717, 1.165) is 26.2 Å². The van der Waals surface area contributed by atoms with Gasteiger partial charge in [0.1, 0.15) is 0 Å². The van der Waals surface area contributed by atoms with Crippen LogP contribution in [0.5, 0.6) is 0 Å². The van der Waals surface area contributed by atoms with E-state index in [1.807, 2.05) is 0 Å². The van der Waals surface area contributed by atoms with Gasteiger partial charge < -0.3 is 10.1 Å². The Morgan fingerprint density at radius 2 is 1.76 bits per heavy atom. The minimum absolute atomic E-state index is 0.220. The fourth-order valence-electron chi connectivity index (χ4n) is 1.19. The quantitative estimate of drug-likeness (QED) is 0.608. The zero-order valence-corrected chi connectivity index (χ0v) is 12.3. The van der Waals surface area contributed by atoms with Crippen LogP contribution in [-0.2, 0) is 14.6 Å². The van der Waals surface area contributed by atoms with Gasteiger partial charge in [0, 0.05) is 19.8 Å². The van der Waals surface area contributed by atoms with Crippen molar-refractivity contribution in [3.8, 4) is 0 Å². The summed E-state index contributed by atoms with van der Waals surface area (Å²) in [5.41, 5.74) is 0. The lowest BCUT2D eigenvalue weighted by Crippen LogP contribution is -2.28. The van der Waals surface area contributed by atoms with E-state index in [-0.39, 0.29) is 11.0 Å². The highest BCUT2D eigenvalue weighted by Crippen LogP contribution is 1.99. The van der Waals surface area contributed by atoms with Crippen molar-refractivity contribution in [1.29, 1.82) is 0 Å². The molecule has 0 atom stereocenters. The van der Waals surface area contributed by atoms with Gasteiger partial charge in [-0.1, -0.05) is 13.8 Å². The maximum absolute atomic E-state index is 11.5. The van der Waals surface area contributed by atoms with Crippen molar-refractivity contribution in [2.75, 3.05) is 32.1 Å². The lowest BCUT2D eigenvalue weighted by molar-refractivity contribution is 0.108. The second kappa shape index (κ2) is 8.89. The van der Waals surface area contributed by atoms with Gasteiger partial charge in [0.25, 0.3) is 0 Å². The highest BCUT2D eigenvalue weighted by molar-refractivity contribution is 7.92. The van der Waals surface area contributed by atoms with E-state index in [1.54, 1.807) is 13.8 Å². The third kappa shape index (κ3) is 9.56. The molecule has 104 valence electrons. The summed E-state index contributed by atoms with van der Waals surface area (Å²) in [4.78, 5) is 0. The van der Waals surface area contributed by atoms with Crippen molar-refractivity contribution in [2.45, 2.75) is 39.4 Å². The van der Waals surface area contributed by atoms with Crippen molar-refractivity contribution >= 4 is 9.84 Å². The Labute approximate surface area is 106 Å². The molecule has 0 saturated carbocycles. The molecule has 0 bridgehead atoms. The van der Waals surface area contributed by atoms with Crippen LogP contribution in [0, 0.1) is 5.92 Å². The van der Waals surface area contributed by atoms with Crippen LogP contribution >= 0.6 is 0 Å². The summed E-state index contributed by atoms with van der Waals surface area (Å²) in [5.74, 6) is 0.788. The Kier molecular flexibility index (Phi) is 8.82. The molecule has 0 aromatic rings. The molecule has 0 aliphatic rings. The zero-order valence-electron chi connectivity index (χ0n) is 11.5. The summed E-state index contributed by atoms with van der Waals surface area (Å²) < 4.78 is 28.4. The van der Waals surface area contributed by atoms with Gasteiger partial charge in [-0.3, -0.25) is 0 Å². The Morgan fingerprint density at radius 3 is 2.29 bits per heavy atom. The third-order valence-electron chi connectivity index (χ3n) is 2.38. The van der Waals surface area contributed by atoms with Crippen LogP contribution < -0.4 is 5.32 Å². The first-order valence-corrected chi connectivity index (χ1v) is 8.08. The van der Waals surface area contributed by atoms with E-state index < -0.39 is 9.84 Å². The largest absolute Gasteiger partial charge is 0.381 e. The second-order valence-electron chi connectivity index (χ2n) is 4.99. The minimum atomic E-state index is -2.90. The molecule has 0 aromatic heterocycles. The lowest BCUT2D eigenvalue weighted by atomic mass is 10.2. The van der Waals surface area contributed by atoms with Gasteiger partial charge in [0.2, 0.25) is 0 Å². The molecule has 0 heterocycles. The predicted octanol–water partition coefficient (Wildman–Crippen LogP) is 1.46. The first kappa shape index (κ1) is 16.9. The van der Waals surface area contributed by atoms with E-state index in [4.69, 9.17) is 4.74 Å². The SMILES string of the molecule is CC(C)COCCCNCCS(=O)(=O)C(C)C. The fraction of sp³-hybridized carbons (Fsp3) is 1.00. The molecule has 1 N–H and O–H groups in total. The average Bonchev–Trinajstić information content (AvgIpc) is 2.21. The van der Waals surface area contributed by atoms with Gasteiger partial charge in [0.05, 0.1) is 11.0 Å². The van der Waals surface area contributed by atoms with E-state index in [9.17, 15) is 8.42 Å². The molecule has 0 spiro atoms. The van der Waals surface area contributed by atoms with Crippen LogP contribution in [0.2, 0.25) is 0 Å². The molecule has 0 rings (SSSR count). The first-order chi connectivity index (χ1) is 7.86. The number of hydrogen-bond acceptors (Lipinski definition) is 4. The monoisotopic (exact) mass is 265 g/mol. The smallest absolute Gasteiger partial charge is 0.153 e. The number of nitrogens with one attached hydrogen (secondary N) is 1.